The summed E-state index contributed by atoms with van der Waals surface area (Å²) in [6, 6.07) is 2.10. The van der Waals surface area contributed by atoms with Gasteiger partial charge in [0.1, 0.15) is 5.82 Å². The van der Waals surface area contributed by atoms with Crippen LogP contribution in [-0.2, 0) is 4.74 Å². The predicted molar refractivity (Wildman–Crippen MR) is 79.6 cm³/mol. The lowest BCUT2D eigenvalue weighted by molar-refractivity contribution is 0.0527. The maximum atomic E-state index is 11.8. The van der Waals surface area contributed by atoms with Gasteiger partial charge in [-0.05, 0) is 31.7 Å². The van der Waals surface area contributed by atoms with Gasteiger partial charge in [0.2, 0.25) is 0 Å². The monoisotopic (exact) mass is 277 g/mol. The van der Waals surface area contributed by atoms with E-state index in [2.05, 4.69) is 17.2 Å². The summed E-state index contributed by atoms with van der Waals surface area (Å²) in [6.45, 7) is 4.36. The third kappa shape index (κ3) is 3.40. The number of hydrogen-bond donors (Lipinski definition) is 2. The highest BCUT2D eigenvalue weighted by molar-refractivity contribution is 5.95. The Morgan fingerprint density at radius 2 is 2.25 bits per heavy atom. The highest BCUT2D eigenvalue weighted by Crippen LogP contribution is 2.27. The lowest BCUT2D eigenvalue weighted by atomic mass is 9.86. The Balaban J connectivity index is 2.12. The largest absolute Gasteiger partial charge is 0.462 e. The molecule has 2 atom stereocenters. The molecule has 0 aromatic carbocycles. The average molecular weight is 277 g/mol. The number of carbonyl (C=O) groups is 1. The van der Waals surface area contributed by atoms with Gasteiger partial charge >= 0.3 is 5.97 Å². The number of nitrogens with two attached hydrogens (primary N) is 1. The predicted octanol–water partition coefficient (Wildman–Crippen LogP) is 2.83. The Labute approximate surface area is 119 Å². The molecular weight excluding hydrogens is 254 g/mol. The van der Waals surface area contributed by atoms with Gasteiger partial charge in [-0.15, -0.1) is 0 Å². The van der Waals surface area contributed by atoms with Crippen molar-refractivity contribution < 1.29 is 9.53 Å². The highest BCUT2D eigenvalue weighted by atomic mass is 16.5. The van der Waals surface area contributed by atoms with Crippen molar-refractivity contribution in [1.82, 2.24) is 4.98 Å². The van der Waals surface area contributed by atoms with Gasteiger partial charge in [-0.1, -0.05) is 19.8 Å². The normalized spacial score (nSPS) is 22.3. The number of nitrogens with one attached hydrogen (secondary N) is 1. The zero-order valence-electron chi connectivity index (χ0n) is 12.2. The van der Waals surface area contributed by atoms with Crippen molar-refractivity contribution >= 4 is 17.5 Å². The molecule has 1 aromatic rings. The van der Waals surface area contributed by atoms with Gasteiger partial charge in [-0.25, -0.2) is 9.78 Å². The summed E-state index contributed by atoms with van der Waals surface area (Å²) < 4.78 is 5.00. The summed E-state index contributed by atoms with van der Waals surface area (Å²) in [7, 11) is 0. The smallest absolute Gasteiger partial charge is 0.340 e. The number of aromatic nitrogens is 1. The number of nitrogen functional groups attached to an aromatic ring is 1. The first-order valence-electron chi connectivity index (χ1n) is 7.31. The van der Waals surface area contributed by atoms with Crippen LogP contribution in [0.3, 0.4) is 0 Å². The molecule has 20 heavy (non-hydrogen) atoms. The molecule has 1 heterocycles. The fourth-order valence-corrected chi connectivity index (χ4v) is 2.65. The van der Waals surface area contributed by atoms with Crippen molar-refractivity contribution in [2.45, 2.75) is 45.6 Å². The molecule has 0 radical (unpaired) electrons. The van der Waals surface area contributed by atoms with E-state index in [9.17, 15) is 4.79 Å². The fourth-order valence-electron chi connectivity index (χ4n) is 2.65. The van der Waals surface area contributed by atoms with Crippen LogP contribution in [0.2, 0.25) is 0 Å². The molecule has 1 saturated carbocycles. The van der Waals surface area contributed by atoms with Crippen molar-refractivity contribution in [1.29, 1.82) is 0 Å². The Morgan fingerprint density at radius 1 is 1.50 bits per heavy atom. The molecule has 0 amide bonds. The second-order valence-electron chi connectivity index (χ2n) is 5.39. The molecule has 1 aliphatic rings. The molecule has 1 aromatic heterocycles. The van der Waals surface area contributed by atoms with Gasteiger partial charge in [0, 0.05) is 6.04 Å². The van der Waals surface area contributed by atoms with Crippen LogP contribution in [0.4, 0.5) is 11.5 Å². The topological polar surface area (TPSA) is 77.2 Å². The van der Waals surface area contributed by atoms with Crippen LogP contribution in [0.1, 0.15) is 49.9 Å². The van der Waals surface area contributed by atoms with E-state index in [-0.39, 0.29) is 0 Å². The number of anilines is 2. The first-order valence-corrected chi connectivity index (χ1v) is 7.31. The zero-order chi connectivity index (χ0) is 14.5. The van der Waals surface area contributed by atoms with Crippen LogP contribution in [0.25, 0.3) is 0 Å². The summed E-state index contributed by atoms with van der Waals surface area (Å²) in [5, 5.41) is 3.42. The van der Waals surface area contributed by atoms with Crippen molar-refractivity contribution in [3.05, 3.63) is 17.8 Å². The summed E-state index contributed by atoms with van der Waals surface area (Å²) >= 11 is 0. The molecule has 2 unspecified atom stereocenters. The summed E-state index contributed by atoms with van der Waals surface area (Å²) in [5.41, 5.74) is 6.52. The second kappa shape index (κ2) is 6.59. The molecule has 5 nitrogen and oxygen atoms in total. The van der Waals surface area contributed by atoms with E-state index >= 15 is 0 Å². The van der Waals surface area contributed by atoms with Crippen LogP contribution in [0.15, 0.2) is 12.3 Å². The van der Waals surface area contributed by atoms with Crippen LogP contribution in [-0.4, -0.2) is 23.6 Å². The van der Waals surface area contributed by atoms with E-state index in [1.807, 2.05) is 0 Å². The van der Waals surface area contributed by atoms with E-state index in [0.717, 1.165) is 6.42 Å². The summed E-state index contributed by atoms with van der Waals surface area (Å²) in [6.07, 6.45) is 6.42. The number of rotatable bonds is 4. The third-order valence-corrected chi connectivity index (χ3v) is 3.87. The summed E-state index contributed by atoms with van der Waals surface area (Å²) in [5.74, 6) is 0.919. The standard InChI is InChI=1S/C15H23N3O2/c1-3-20-15(19)11-8-14(17-9-12(11)16)18-13-7-5-4-6-10(13)2/h8-10,13H,3-7,16H2,1-2H3,(H,17,18). The van der Waals surface area contributed by atoms with Crippen molar-refractivity contribution in [3.8, 4) is 0 Å². The minimum Gasteiger partial charge on any atom is -0.462 e. The van der Waals surface area contributed by atoms with E-state index in [1.165, 1.54) is 25.5 Å². The molecule has 0 aliphatic heterocycles. The van der Waals surface area contributed by atoms with Gasteiger partial charge in [0.15, 0.2) is 0 Å². The lowest BCUT2D eigenvalue weighted by Gasteiger charge is -2.30. The van der Waals surface area contributed by atoms with Crippen molar-refractivity contribution in [2.75, 3.05) is 17.7 Å². The van der Waals surface area contributed by atoms with Crippen LogP contribution < -0.4 is 11.1 Å². The lowest BCUT2D eigenvalue weighted by Crippen LogP contribution is -2.30. The van der Waals surface area contributed by atoms with E-state index in [4.69, 9.17) is 10.5 Å². The maximum Gasteiger partial charge on any atom is 0.340 e. The van der Waals surface area contributed by atoms with Crippen LogP contribution in [0.5, 0.6) is 0 Å². The van der Waals surface area contributed by atoms with Gasteiger partial charge in [0.05, 0.1) is 24.1 Å². The number of pyridine rings is 1. The van der Waals surface area contributed by atoms with Gasteiger partial charge < -0.3 is 15.8 Å². The molecule has 5 heteroatoms. The first kappa shape index (κ1) is 14.6. The number of hydrogen-bond acceptors (Lipinski definition) is 5. The Morgan fingerprint density at radius 3 is 2.95 bits per heavy atom. The number of esters is 1. The highest BCUT2D eigenvalue weighted by Gasteiger charge is 2.22. The minimum atomic E-state index is -0.396. The third-order valence-electron chi connectivity index (χ3n) is 3.87. The Kier molecular flexibility index (Phi) is 4.82. The fraction of sp³-hybridized carbons (Fsp3) is 0.600. The van der Waals surface area contributed by atoms with Gasteiger partial charge in [0.25, 0.3) is 0 Å². The second-order valence-corrected chi connectivity index (χ2v) is 5.39. The van der Waals surface area contributed by atoms with Crippen LogP contribution >= 0.6 is 0 Å². The first-order chi connectivity index (χ1) is 9.61. The molecule has 1 fully saturated rings. The molecule has 110 valence electrons. The number of ether oxygens (including phenoxy) is 1. The molecular formula is C15H23N3O2. The molecule has 0 bridgehead atoms. The van der Waals surface area contributed by atoms with E-state index in [1.54, 1.807) is 13.0 Å². The average Bonchev–Trinajstić information content (AvgIpc) is 2.43. The maximum absolute atomic E-state index is 11.8. The van der Waals surface area contributed by atoms with Crippen molar-refractivity contribution in [3.63, 3.8) is 0 Å². The molecule has 1 aliphatic carbocycles. The number of nitrogens with zero attached hydrogens (tertiary/aromatic N) is 1. The SMILES string of the molecule is CCOC(=O)c1cc(NC2CCCCC2C)ncc1N. The van der Waals surface area contributed by atoms with E-state index < -0.39 is 5.97 Å². The van der Waals surface area contributed by atoms with Gasteiger partial charge in [-0.3, -0.25) is 0 Å². The number of carbonyl (C=O) groups excluding carboxylic acids is 1. The Bertz CT molecular complexity index is 476. The molecule has 2 rings (SSSR count). The van der Waals surface area contributed by atoms with Gasteiger partial charge in [-0.2, -0.15) is 0 Å². The molecule has 0 spiro atoms. The minimum absolute atomic E-state index is 0.336. The summed E-state index contributed by atoms with van der Waals surface area (Å²) in [4.78, 5) is 16.1. The Hall–Kier alpha value is -1.78. The zero-order valence-corrected chi connectivity index (χ0v) is 12.2. The van der Waals surface area contributed by atoms with E-state index in [0.29, 0.717) is 35.6 Å². The van der Waals surface area contributed by atoms with Crippen LogP contribution in [0, 0.1) is 5.92 Å². The van der Waals surface area contributed by atoms with Crippen molar-refractivity contribution in [2.24, 2.45) is 5.92 Å². The quantitative estimate of drug-likeness (QED) is 0.827. The molecule has 3 N–H and O–H groups in total. The molecule has 0 saturated heterocycles.